The Morgan fingerprint density at radius 2 is 1.40 bits per heavy atom. The SMILES string of the molecule is O=C1C2CC=C3C(CC4(Cl)C(=O)N(c5ccc(F)cc5)C(=O)C4(Cl)C3c3ccc(OCCO)cc3)C2C(=O)N1c1ccc(Nc2ccccc2)cc1. The number of hydrogen-bond donors (Lipinski definition) is 2. The molecule has 4 aromatic rings. The Hall–Kier alpha value is -5.03. The molecule has 2 aliphatic heterocycles. The number of para-hydroxylation sites is 1. The van der Waals surface area contributed by atoms with Crippen molar-refractivity contribution < 1.29 is 33.4 Å². The number of aliphatic hydroxyl groups is 1. The number of hydrogen-bond acceptors (Lipinski definition) is 7. The van der Waals surface area contributed by atoms with Crippen LogP contribution >= 0.6 is 23.2 Å². The normalized spacial score (nSPS) is 28.0. The van der Waals surface area contributed by atoms with Crippen LogP contribution in [0, 0.1) is 23.6 Å². The van der Waals surface area contributed by atoms with Gasteiger partial charge in [0.1, 0.15) is 18.2 Å². The van der Waals surface area contributed by atoms with E-state index in [0.29, 0.717) is 22.6 Å². The van der Waals surface area contributed by atoms with Gasteiger partial charge >= 0.3 is 0 Å². The molecular weight excluding hydrogens is 708 g/mol. The number of allylic oxidation sites excluding steroid dienone is 2. The summed E-state index contributed by atoms with van der Waals surface area (Å²) in [6.45, 7) is -0.114. The van der Waals surface area contributed by atoms with Gasteiger partial charge in [-0.15, -0.1) is 23.2 Å². The third-order valence-corrected chi connectivity index (χ3v) is 12.1. The number of carbonyl (C=O) groups is 4. The topological polar surface area (TPSA) is 116 Å². The molecule has 6 atom stereocenters. The van der Waals surface area contributed by atoms with Crippen molar-refractivity contribution >= 4 is 69.6 Å². The lowest BCUT2D eigenvalue weighted by molar-refractivity contribution is -0.125. The van der Waals surface area contributed by atoms with Gasteiger partial charge in [0.05, 0.1) is 29.8 Å². The van der Waals surface area contributed by atoms with Crippen LogP contribution < -0.4 is 19.9 Å². The van der Waals surface area contributed by atoms with Gasteiger partial charge in [0.2, 0.25) is 11.8 Å². The number of carbonyl (C=O) groups excluding carboxylic acids is 4. The Labute approximate surface area is 308 Å². The number of imide groups is 2. The molecule has 2 N–H and O–H groups in total. The molecule has 9 nitrogen and oxygen atoms in total. The third-order valence-electron chi connectivity index (χ3n) is 10.7. The Morgan fingerprint density at radius 1 is 0.769 bits per heavy atom. The van der Waals surface area contributed by atoms with E-state index in [1.54, 1.807) is 48.5 Å². The van der Waals surface area contributed by atoms with Crippen LogP contribution in [0.3, 0.4) is 0 Å². The average molecular weight is 741 g/mol. The van der Waals surface area contributed by atoms with Gasteiger partial charge in [-0.05, 0) is 97.1 Å². The lowest BCUT2D eigenvalue weighted by Gasteiger charge is -2.50. The second-order valence-electron chi connectivity index (χ2n) is 13.4. The lowest BCUT2D eigenvalue weighted by Crippen LogP contribution is -2.60. The predicted molar refractivity (Wildman–Crippen MR) is 194 cm³/mol. The number of halogens is 3. The highest BCUT2D eigenvalue weighted by Gasteiger charge is 2.76. The van der Waals surface area contributed by atoms with Crippen molar-refractivity contribution in [2.24, 2.45) is 17.8 Å². The first-order valence-corrected chi connectivity index (χ1v) is 17.7. The molecule has 2 saturated heterocycles. The van der Waals surface area contributed by atoms with Crippen LogP contribution in [0.1, 0.15) is 24.3 Å². The molecule has 2 aliphatic carbocycles. The highest BCUT2D eigenvalue weighted by atomic mass is 35.5. The minimum atomic E-state index is -2.05. The molecule has 3 fully saturated rings. The molecule has 4 amide bonds. The molecule has 12 heteroatoms. The van der Waals surface area contributed by atoms with E-state index in [1.165, 1.54) is 17.0 Å². The van der Waals surface area contributed by atoms with E-state index in [2.05, 4.69) is 5.32 Å². The summed E-state index contributed by atoms with van der Waals surface area (Å²) in [6, 6.07) is 28.3. The summed E-state index contributed by atoms with van der Waals surface area (Å²) in [6.07, 6.45) is 1.90. The molecule has 4 aromatic carbocycles. The first-order chi connectivity index (χ1) is 25.1. The molecule has 264 valence electrons. The highest BCUT2D eigenvalue weighted by Crippen LogP contribution is 2.66. The summed E-state index contributed by atoms with van der Waals surface area (Å²) in [7, 11) is 0. The molecule has 0 spiro atoms. The zero-order valence-corrected chi connectivity index (χ0v) is 29.1. The smallest absolute Gasteiger partial charge is 0.258 e. The number of rotatable bonds is 8. The minimum absolute atomic E-state index is 0.0713. The largest absolute Gasteiger partial charge is 0.491 e. The van der Waals surface area contributed by atoms with Crippen LogP contribution in [-0.2, 0) is 19.2 Å². The fraction of sp³-hybridized carbons (Fsp3) is 0.250. The summed E-state index contributed by atoms with van der Waals surface area (Å²) >= 11 is 14.9. The van der Waals surface area contributed by atoms with Crippen molar-refractivity contribution in [2.45, 2.75) is 28.5 Å². The third kappa shape index (κ3) is 5.15. The summed E-state index contributed by atoms with van der Waals surface area (Å²) in [5.41, 5.74) is 3.37. The van der Waals surface area contributed by atoms with Crippen LogP contribution in [0.25, 0.3) is 0 Å². The molecule has 0 radical (unpaired) electrons. The number of fused-ring (bicyclic) bond motifs is 4. The fourth-order valence-electron chi connectivity index (χ4n) is 8.33. The van der Waals surface area contributed by atoms with Crippen LogP contribution in [0.4, 0.5) is 27.1 Å². The van der Waals surface area contributed by atoms with Crippen LogP contribution in [0.2, 0.25) is 0 Å². The second kappa shape index (κ2) is 12.9. The number of aliphatic hydroxyl groups excluding tert-OH is 1. The molecular formula is C40H32Cl2FN3O6. The number of ether oxygens (including phenoxy) is 1. The van der Waals surface area contributed by atoms with E-state index in [9.17, 15) is 28.7 Å². The maximum Gasteiger partial charge on any atom is 0.258 e. The van der Waals surface area contributed by atoms with Crippen molar-refractivity contribution in [3.05, 3.63) is 126 Å². The van der Waals surface area contributed by atoms with Crippen molar-refractivity contribution in [2.75, 3.05) is 28.3 Å². The summed E-state index contributed by atoms with van der Waals surface area (Å²) in [5, 5.41) is 12.5. The van der Waals surface area contributed by atoms with E-state index in [-0.39, 0.29) is 37.6 Å². The second-order valence-corrected chi connectivity index (χ2v) is 14.7. The number of nitrogens with zero attached hydrogens (tertiary/aromatic N) is 2. The summed E-state index contributed by atoms with van der Waals surface area (Å²) in [5.74, 6) is -5.73. The summed E-state index contributed by atoms with van der Waals surface area (Å²) < 4.78 is 19.5. The maximum atomic E-state index is 14.5. The number of nitrogens with one attached hydrogen (secondary N) is 1. The molecule has 1 saturated carbocycles. The van der Waals surface area contributed by atoms with Crippen molar-refractivity contribution in [1.82, 2.24) is 0 Å². The first kappa shape index (κ1) is 34.1. The van der Waals surface area contributed by atoms with Crippen LogP contribution in [0.5, 0.6) is 5.75 Å². The number of amides is 4. The van der Waals surface area contributed by atoms with Gasteiger partial charge in [0, 0.05) is 17.3 Å². The fourth-order valence-corrected chi connectivity index (χ4v) is 9.26. The molecule has 4 aliphatic rings. The van der Waals surface area contributed by atoms with Crippen molar-refractivity contribution in [3.63, 3.8) is 0 Å². The molecule has 2 heterocycles. The highest BCUT2D eigenvalue weighted by molar-refractivity contribution is 6.58. The van der Waals surface area contributed by atoms with Gasteiger partial charge < -0.3 is 15.2 Å². The van der Waals surface area contributed by atoms with Crippen molar-refractivity contribution in [1.29, 1.82) is 0 Å². The van der Waals surface area contributed by atoms with Crippen LogP contribution in [-0.4, -0.2) is 51.7 Å². The van der Waals surface area contributed by atoms with Gasteiger partial charge in [0.15, 0.2) is 9.75 Å². The number of anilines is 4. The van der Waals surface area contributed by atoms with Gasteiger partial charge in [-0.2, -0.15) is 0 Å². The van der Waals surface area contributed by atoms with Gasteiger partial charge in [0.25, 0.3) is 11.8 Å². The predicted octanol–water partition coefficient (Wildman–Crippen LogP) is 6.71. The minimum Gasteiger partial charge on any atom is -0.491 e. The molecule has 0 bridgehead atoms. The van der Waals surface area contributed by atoms with E-state index < -0.39 is 57.0 Å². The Balaban J connectivity index is 1.18. The number of benzene rings is 4. The molecule has 52 heavy (non-hydrogen) atoms. The van der Waals surface area contributed by atoms with E-state index >= 15 is 0 Å². The molecule has 6 unspecified atom stereocenters. The monoisotopic (exact) mass is 739 g/mol. The Bertz CT molecular complexity index is 2110. The average Bonchev–Trinajstić information content (AvgIpc) is 3.49. The van der Waals surface area contributed by atoms with Gasteiger partial charge in [-0.1, -0.05) is 42.0 Å². The quantitative estimate of drug-likeness (QED) is 0.117. The molecule has 8 rings (SSSR count). The zero-order chi connectivity index (χ0) is 36.4. The van der Waals surface area contributed by atoms with E-state index in [0.717, 1.165) is 28.4 Å². The lowest BCUT2D eigenvalue weighted by atomic mass is 9.56. The first-order valence-electron chi connectivity index (χ1n) is 16.9. The Kier molecular flexibility index (Phi) is 8.44. The van der Waals surface area contributed by atoms with Crippen molar-refractivity contribution in [3.8, 4) is 5.75 Å². The van der Waals surface area contributed by atoms with Gasteiger partial charge in [-0.25, -0.2) is 9.29 Å². The van der Waals surface area contributed by atoms with E-state index in [1.807, 2.05) is 36.4 Å². The summed E-state index contributed by atoms with van der Waals surface area (Å²) in [4.78, 5) is 55.5. The zero-order valence-electron chi connectivity index (χ0n) is 27.5. The van der Waals surface area contributed by atoms with Crippen LogP contribution in [0.15, 0.2) is 115 Å². The van der Waals surface area contributed by atoms with E-state index in [4.69, 9.17) is 27.9 Å². The Morgan fingerprint density at radius 3 is 2.08 bits per heavy atom. The molecule has 0 aromatic heterocycles. The standard InChI is InChI=1S/C40H32Cl2FN3O6/c41-39-22-32-30(18-19-31-33(32)36(49)45(35(31)48)27-14-10-26(11-15-27)44-25-4-2-1-3-5-25)34(23-6-16-29(17-7-23)52-21-20-47)40(39,42)38(51)46(37(39)50)28-12-8-24(43)9-13-28/h1-18,31-34,44,47H,19-22H2. The van der Waals surface area contributed by atoms with Gasteiger partial charge in [-0.3, -0.25) is 24.1 Å². The maximum absolute atomic E-state index is 14.5. The number of alkyl halides is 2.